The summed E-state index contributed by atoms with van der Waals surface area (Å²) in [5, 5.41) is 5.43. The average Bonchev–Trinajstić information content (AvgIpc) is 3.10. The van der Waals surface area contributed by atoms with Gasteiger partial charge in [0.25, 0.3) is 0 Å². The summed E-state index contributed by atoms with van der Waals surface area (Å²) in [7, 11) is -2.23. The van der Waals surface area contributed by atoms with Crippen LogP contribution in [0, 0.1) is 6.92 Å². The highest BCUT2D eigenvalue weighted by atomic mass is 32.2. The van der Waals surface area contributed by atoms with Gasteiger partial charge in [-0.3, -0.25) is 0 Å². The average molecular weight is 404 g/mol. The van der Waals surface area contributed by atoms with E-state index in [1.807, 2.05) is 38.1 Å². The number of benzene rings is 2. The Morgan fingerprint density at radius 3 is 2.36 bits per heavy atom. The van der Waals surface area contributed by atoms with Crippen LogP contribution in [0.1, 0.15) is 25.3 Å². The standard InChI is InChI=1S/C20H25N3O4S/c1-14-6-8-16(9-7-14)21-20(24)22-17-10-11-19(18(13-17)27-3)28(25,26)23-12-4-5-15(23)2/h6-11,13,15H,4-5,12H2,1-3H3,(H2,21,22,24)/t15-/m1/s1. The lowest BCUT2D eigenvalue weighted by molar-refractivity contribution is 0.262. The fraction of sp³-hybridized carbons (Fsp3) is 0.350. The molecule has 7 nitrogen and oxygen atoms in total. The molecule has 1 heterocycles. The highest BCUT2D eigenvalue weighted by Crippen LogP contribution is 2.33. The zero-order valence-electron chi connectivity index (χ0n) is 16.2. The van der Waals surface area contributed by atoms with Gasteiger partial charge in [0.05, 0.1) is 7.11 Å². The van der Waals surface area contributed by atoms with Crippen LogP contribution < -0.4 is 15.4 Å². The van der Waals surface area contributed by atoms with Crippen molar-refractivity contribution in [3.8, 4) is 5.75 Å². The highest BCUT2D eigenvalue weighted by molar-refractivity contribution is 7.89. The molecule has 3 rings (SSSR count). The van der Waals surface area contributed by atoms with E-state index in [-0.39, 0.29) is 16.7 Å². The van der Waals surface area contributed by atoms with Crippen molar-refractivity contribution in [3.05, 3.63) is 48.0 Å². The van der Waals surface area contributed by atoms with E-state index >= 15 is 0 Å². The summed E-state index contributed by atoms with van der Waals surface area (Å²) in [6, 6.07) is 11.5. The van der Waals surface area contributed by atoms with Gasteiger partial charge >= 0.3 is 6.03 Å². The zero-order valence-corrected chi connectivity index (χ0v) is 17.0. The Morgan fingerprint density at radius 2 is 1.75 bits per heavy atom. The second kappa shape index (κ2) is 8.20. The van der Waals surface area contributed by atoms with Crippen LogP contribution in [0.4, 0.5) is 16.2 Å². The molecule has 2 aromatic rings. The van der Waals surface area contributed by atoms with Gasteiger partial charge in [-0.1, -0.05) is 17.7 Å². The lowest BCUT2D eigenvalue weighted by atomic mass is 10.2. The Bertz CT molecular complexity index is 958. The number of aryl methyl sites for hydroxylation is 1. The number of anilines is 2. The quantitative estimate of drug-likeness (QED) is 0.794. The van der Waals surface area contributed by atoms with Gasteiger partial charge in [0.15, 0.2) is 0 Å². The molecule has 2 N–H and O–H groups in total. The lowest BCUT2D eigenvalue weighted by Crippen LogP contribution is -2.33. The predicted octanol–water partition coefficient (Wildman–Crippen LogP) is 3.82. The number of nitrogens with one attached hydrogen (secondary N) is 2. The summed E-state index contributed by atoms with van der Waals surface area (Å²) in [6.07, 6.45) is 1.70. The van der Waals surface area contributed by atoms with Crippen LogP contribution in [-0.4, -0.2) is 38.5 Å². The minimum atomic E-state index is -3.65. The Hall–Kier alpha value is -2.58. The van der Waals surface area contributed by atoms with Crippen molar-refractivity contribution in [2.45, 2.75) is 37.6 Å². The highest BCUT2D eigenvalue weighted by Gasteiger charge is 2.34. The van der Waals surface area contributed by atoms with Crippen molar-refractivity contribution in [1.29, 1.82) is 0 Å². The molecule has 2 aromatic carbocycles. The molecule has 0 aromatic heterocycles. The number of methoxy groups -OCH3 is 1. The van der Waals surface area contributed by atoms with E-state index in [0.717, 1.165) is 18.4 Å². The normalized spacial score (nSPS) is 17.3. The molecule has 28 heavy (non-hydrogen) atoms. The van der Waals surface area contributed by atoms with Crippen molar-refractivity contribution >= 4 is 27.4 Å². The number of urea groups is 1. The summed E-state index contributed by atoms with van der Waals surface area (Å²) in [4.78, 5) is 12.3. The van der Waals surface area contributed by atoms with E-state index in [4.69, 9.17) is 4.74 Å². The molecule has 1 fully saturated rings. The van der Waals surface area contributed by atoms with Crippen LogP contribution in [0.3, 0.4) is 0 Å². The largest absolute Gasteiger partial charge is 0.495 e. The number of nitrogens with zero attached hydrogens (tertiary/aromatic N) is 1. The maximum absolute atomic E-state index is 13.0. The Morgan fingerprint density at radius 1 is 1.11 bits per heavy atom. The summed E-state index contributed by atoms with van der Waals surface area (Å²) >= 11 is 0. The van der Waals surface area contributed by atoms with Gasteiger partial charge in [-0.25, -0.2) is 13.2 Å². The molecule has 0 bridgehead atoms. The van der Waals surface area contributed by atoms with Gasteiger partial charge in [-0.2, -0.15) is 4.31 Å². The first kappa shape index (κ1) is 20.2. The summed E-state index contributed by atoms with van der Waals surface area (Å²) in [5.74, 6) is 0.201. The molecule has 1 aliphatic heterocycles. The molecule has 0 aliphatic carbocycles. The van der Waals surface area contributed by atoms with Gasteiger partial charge in [-0.05, 0) is 51.0 Å². The molecular weight excluding hydrogens is 378 g/mol. The second-order valence-electron chi connectivity index (χ2n) is 6.92. The van der Waals surface area contributed by atoms with E-state index in [9.17, 15) is 13.2 Å². The van der Waals surface area contributed by atoms with E-state index in [0.29, 0.717) is 17.9 Å². The van der Waals surface area contributed by atoms with E-state index in [1.165, 1.54) is 23.5 Å². The lowest BCUT2D eigenvalue weighted by Gasteiger charge is -2.22. The third-order valence-corrected chi connectivity index (χ3v) is 6.86. The van der Waals surface area contributed by atoms with Crippen LogP contribution in [0.25, 0.3) is 0 Å². The molecule has 0 unspecified atom stereocenters. The third-order valence-electron chi connectivity index (χ3n) is 4.81. The first-order valence-corrected chi connectivity index (χ1v) is 10.6. The van der Waals surface area contributed by atoms with Crippen LogP contribution >= 0.6 is 0 Å². The van der Waals surface area contributed by atoms with Gasteiger partial charge in [-0.15, -0.1) is 0 Å². The number of carbonyl (C=O) groups is 1. The first-order chi connectivity index (χ1) is 13.3. The molecule has 1 saturated heterocycles. The van der Waals surface area contributed by atoms with Gasteiger partial charge in [0, 0.05) is 30.0 Å². The zero-order chi connectivity index (χ0) is 20.3. The number of amides is 2. The number of hydrogen-bond donors (Lipinski definition) is 2. The minimum absolute atomic E-state index is 0.0344. The van der Waals surface area contributed by atoms with Crippen molar-refractivity contribution in [2.24, 2.45) is 0 Å². The monoisotopic (exact) mass is 403 g/mol. The molecule has 0 spiro atoms. The molecule has 2 amide bonds. The van der Waals surface area contributed by atoms with Crippen LogP contribution in [0.15, 0.2) is 47.4 Å². The minimum Gasteiger partial charge on any atom is -0.495 e. The Labute approximate surface area is 165 Å². The summed E-state index contributed by atoms with van der Waals surface area (Å²) in [5.41, 5.74) is 2.20. The van der Waals surface area contributed by atoms with Crippen LogP contribution in [-0.2, 0) is 10.0 Å². The predicted molar refractivity (Wildman–Crippen MR) is 109 cm³/mol. The number of carbonyl (C=O) groups excluding carboxylic acids is 1. The van der Waals surface area contributed by atoms with Crippen molar-refractivity contribution < 1.29 is 17.9 Å². The second-order valence-corrected chi connectivity index (χ2v) is 8.78. The molecule has 1 aliphatic rings. The Kier molecular flexibility index (Phi) is 5.90. The molecule has 8 heteroatoms. The van der Waals surface area contributed by atoms with Gasteiger partial charge in [0.2, 0.25) is 10.0 Å². The Balaban J connectivity index is 1.77. The number of sulfonamides is 1. The van der Waals surface area contributed by atoms with Crippen molar-refractivity contribution in [1.82, 2.24) is 4.31 Å². The van der Waals surface area contributed by atoms with E-state index < -0.39 is 16.1 Å². The third kappa shape index (κ3) is 4.28. The topological polar surface area (TPSA) is 87.7 Å². The molecular formula is C20H25N3O4S. The summed E-state index contributed by atoms with van der Waals surface area (Å²) in [6.45, 7) is 4.38. The van der Waals surface area contributed by atoms with E-state index in [2.05, 4.69) is 10.6 Å². The molecule has 1 atom stereocenters. The van der Waals surface area contributed by atoms with Crippen molar-refractivity contribution in [2.75, 3.05) is 24.3 Å². The molecule has 150 valence electrons. The maximum atomic E-state index is 13.0. The fourth-order valence-electron chi connectivity index (χ4n) is 3.28. The van der Waals surface area contributed by atoms with Crippen LogP contribution in [0.5, 0.6) is 5.75 Å². The van der Waals surface area contributed by atoms with Crippen molar-refractivity contribution in [3.63, 3.8) is 0 Å². The van der Waals surface area contributed by atoms with Gasteiger partial charge in [0.1, 0.15) is 10.6 Å². The number of rotatable bonds is 5. The first-order valence-electron chi connectivity index (χ1n) is 9.16. The summed E-state index contributed by atoms with van der Waals surface area (Å²) < 4.78 is 32.8. The molecule has 0 saturated carbocycles. The molecule has 0 radical (unpaired) electrons. The SMILES string of the molecule is COc1cc(NC(=O)Nc2ccc(C)cc2)ccc1S(=O)(=O)N1CCC[C@H]1C. The van der Waals surface area contributed by atoms with Gasteiger partial charge < -0.3 is 15.4 Å². The van der Waals surface area contributed by atoms with Crippen LogP contribution in [0.2, 0.25) is 0 Å². The maximum Gasteiger partial charge on any atom is 0.323 e. The fourth-order valence-corrected chi connectivity index (χ4v) is 5.12. The number of ether oxygens (including phenoxy) is 1. The number of hydrogen-bond acceptors (Lipinski definition) is 4. The van der Waals surface area contributed by atoms with E-state index in [1.54, 1.807) is 6.07 Å². The smallest absolute Gasteiger partial charge is 0.323 e.